The third kappa shape index (κ3) is 3.01. The number of rotatable bonds is 4. The van der Waals surface area contributed by atoms with Crippen LogP contribution in [0.25, 0.3) is 0 Å². The Morgan fingerprint density at radius 2 is 2.17 bits per heavy atom. The Hall–Kier alpha value is -2.01. The second-order valence-corrected chi connectivity index (χ2v) is 4.01. The van der Waals surface area contributed by atoms with Gasteiger partial charge < -0.3 is 11.1 Å². The van der Waals surface area contributed by atoms with Crippen LogP contribution in [-0.4, -0.2) is 9.97 Å². The minimum Gasteiger partial charge on any atom is -0.350 e. The molecule has 18 heavy (non-hydrogen) atoms. The molecule has 0 fully saturated rings. The maximum Gasteiger partial charge on any atom is 0.223 e. The maximum atomic E-state index is 13.7. The minimum atomic E-state index is -0.266. The first-order valence-corrected chi connectivity index (χ1v) is 5.70. The normalized spacial score (nSPS) is 10.4. The highest BCUT2D eigenvalue weighted by molar-refractivity contribution is 5.30. The summed E-state index contributed by atoms with van der Waals surface area (Å²) in [6.07, 6.45) is 1.67. The standard InChI is InChI=1S/C13H15FN4/c1-9-4-5-16-13(18-9)17-8-11-3-2-10(7-15)6-12(11)14/h2-6H,7-8,15H2,1H3,(H,16,17,18). The van der Waals surface area contributed by atoms with E-state index in [9.17, 15) is 4.39 Å². The van der Waals surface area contributed by atoms with E-state index >= 15 is 0 Å². The molecule has 0 unspecified atom stereocenters. The molecular weight excluding hydrogens is 231 g/mol. The van der Waals surface area contributed by atoms with Gasteiger partial charge in [0, 0.05) is 30.5 Å². The first-order valence-electron chi connectivity index (χ1n) is 5.70. The van der Waals surface area contributed by atoms with Crippen molar-refractivity contribution in [2.75, 3.05) is 5.32 Å². The summed E-state index contributed by atoms with van der Waals surface area (Å²) in [5.41, 5.74) is 7.66. The van der Waals surface area contributed by atoms with Crippen LogP contribution in [-0.2, 0) is 13.1 Å². The summed E-state index contributed by atoms with van der Waals surface area (Å²) in [5, 5.41) is 2.99. The van der Waals surface area contributed by atoms with Crippen molar-refractivity contribution in [3.63, 3.8) is 0 Å². The van der Waals surface area contributed by atoms with E-state index in [0.29, 0.717) is 24.6 Å². The van der Waals surface area contributed by atoms with Gasteiger partial charge in [0.1, 0.15) is 5.82 Å². The minimum absolute atomic E-state index is 0.266. The fourth-order valence-electron chi connectivity index (χ4n) is 1.57. The Morgan fingerprint density at radius 1 is 1.33 bits per heavy atom. The molecule has 0 atom stereocenters. The summed E-state index contributed by atoms with van der Waals surface area (Å²) >= 11 is 0. The number of nitrogens with zero attached hydrogens (tertiary/aromatic N) is 2. The number of hydrogen-bond donors (Lipinski definition) is 2. The number of anilines is 1. The number of hydrogen-bond acceptors (Lipinski definition) is 4. The van der Waals surface area contributed by atoms with Crippen molar-refractivity contribution < 1.29 is 4.39 Å². The molecule has 0 aliphatic carbocycles. The van der Waals surface area contributed by atoms with Gasteiger partial charge in [-0.3, -0.25) is 0 Å². The van der Waals surface area contributed by atoms with Gasteiger partial charge in [0.2, 0.25) is 5.95 Å². The van der Waals surface area contributed by atoms with Crippen LogP contribution < -0.4 is 11.1 Å². The molecule has 4 nitrogen and oxygen atoms in total. The lowest BCUT2D eigenvalue weighted by Crippen LogP contribution is -2.06. The molecule has 0 saturated carbocycles. The zero-order chi connectivity index (χ0) is 13.0. The summed E-state index contributed by atoms with van der Waals surface area (Å²) in [7, 11) is 0. The molecule has 5 heteroatoms. The molecule has 0 aliphatic heterocycles. The fourth-order valence-corrected chi connectivity index (χ4v) is 1.57. The number of benzene rings is 1. The van der Waals surface area contributed by atoms with E-state index in [2.05, 4.69) is 15.3 Å². The largest absolute Gasteiger partial charge is 0.350 e. The van der Waals surface area contributed by atoms with Crippen molar-refractivity contribution in [2.24, 2.45) is 5.73 Å². The van der Waals surface area contributed by atoms with E-state index in [4.69, 9.17) is 5.73 Å². The third-order valence-corrected chi connectivity index (χ3v) is 2.58. The van der Waals surface area contributed by atoms with E-state index in [1.54, 1.807) is 12.3 Å². The average molecular weight is 246 g/mol. The first kappa shape index (κ1) is 12.4. The van der Waals surface area contributed by atoms with Crippen LogP contribution in [0.1, 0.15) is 16.8 Å². The van der Waals surface area contributed by atoms with Crippen molar-refractivity contribution >= 4 is 5.95 Å². The molecule has 3 N–H and O–H groups in total. The second-order valence-electron chi connectivity index (χ2n) is 4.01. The highest BCUT2D eigenvalue weighted by atomic mass is 19.1. The summed E-state index contributed by atoms with van der Waals surface area (Å²) < 4.78 is 13.7. The molecule has 1 aromatic heterocycles. The Bertz CT molecular complexity index is 542. The molecule has 0 radical (unpaired) electrons. The molecular formula is C13H15FN4. The van der Waals surface area contributed by atoms with Gasteiger partial charge >= 0.3 is 0 Å². The number of nitrogens with two attached hydrogens (primary N) is 1. The predicted molar refractivity (Wildman–Crippen MR) is 68.4 cm³/mol. The molecule has 0 spiro atoms. The summed E-state index contributed by atoms with van der Waals surface area (Å²) in [5.74, 6) is 0.232. The Morgan fingerprint density at radius 3 is 2.83 bits per heavy atom. The lowest BCUT2D eigenvalue weighted by Gasteiger charge is -2.07. The Labute approximate surface area is 105 Å². The predicted octanol–water partition coefficient (Wildman–Crippen LogP) is 1.99. The van der Waals surface area contributed by atoms with Crippen LogP contribution in [0.4, 0.5) is 10.3 Å². The van der Waals surface area contributed by atoms with Crippen LogP contribution in [0.2, 0.25) is 0 Å². The summed E-state index contributed by atoms with van der Waals surface area (Å²) in [6.45, 7) is 2.56. The van der Waals surface area contributed by atoms with Gasteiger partial charge in [-0.2, -0.15) is 0 Å². The number of aromatic nitrogens is 2. The highest BCUT2D eigenvalue weighted by Gasteiger charge is 2.04. The zero-order valence-corrected chi connectivity index (χ0v) is 10.2. The van der Waals surface area contributed by atoms with Crippen LogP contribution >= 0.6 is 0 Å². The van der Waals surface area contributed by atoms with E-state index in [0.717, 1.165) is 11.3 Å². The van der Waals surface area contributed by atoms with Crippen molar-refractivity contribution in [1.82, 2.24) is 9.97 Å². The van der Waals surface area contributed by atoms with E-state index in [1.165, 1.54) is 6.07 Å². The molecule has 0 aliphatic rings. The third-order valence-electron chi connectivity index (χ3n) is 2.58. The van der Waals surface area contributed by atoms with E-state index in [-0.39, 0.29) is 5.82 Å². The molecule has 1 heterocycles. The molecule has 2 aromatic rings. The second kappa shape index (κ2) is 5.55. The van der Waals surface area contributed by atoms with Gasteiger partial charge in [-0.1, -0.05) is 12.1 Å². The van der Waals surface area contributed by atoms with Crippen LogP contribution in [0.15, 0.2) is 30.5 Å². The van der Waals surface area contributed by atoms with Crippen molar-refractivity contribution in [1.29, 1.82) is 0 Å². The lowest BCUT2D eigenvalue weighted by molar-refractivity contribution is 0.610. The average Bonchev–Trinajstić information content (AvgIpc) is 2.37. The van der Waals surface area contributed by atoms with Gasteiger partial charge in [-0.15, -0.1) is 0 Å². The number of aryl methyl sites for hydroxylation is 1. The van der Waals surface area contributed by atoms with Crippen molar-refractivity contribution in [3.8, 4) is 0 Å². The van der Waals surface area contributed by atoms with E-state index in [1.807, 2.05) is 19.1 Å². The van der Waals surface area contributed by atoms with Crippen LogP contribution in [0.5, 0.6) is 0 Å². The Balaban J connectivity index is 2.06. The van der Waals surface area contributed by atoms with Crippen molar-refractivity contribution in [2.45, 2.75) is 20.0 Å². The molecule has 2 rings (SSSR count). The molecule has 0 amide bonds. The Kier molecular flexibility index (Phi) is 3.84. The SMILES string of the molecule is Cc1ccnc(NCc2ccc(CN)cc2F)n1. The molecule has 1 aromatic carbocycles. The smallest absolute Gasteiger partial charge is 0.223 e. The number of halogens is 1. The highest BCUT2D eigenvalue weighted by Crippen LogP contribution is 2.11. The van der Waals surface area contributed by atoms with Gasteiger partial charge in [0.05, 0.1) is 0 Å². The zero-order valence-electron chi connectivity index (χ0n) is 10.2. The summed E-state index contributed by atoms with van der Waals surface area (Å²) in [4.78, 5) is 8.24. The van der Waals surface area contributed by atoms with Gasteiger partial charge in [-0.05, 0) is 24.6 Å². The van der Waals surface area contributed by atoms with Gasteiger partial charge in [0.15, 0.2) is 0 Å². The molecule has 0 saturated heterocycles. The van der Waals surface area contributed by atoms with Gasteiger partial charge in [-0.25, -0.2) is 14.4 Å². The first-order chi connectivity index (χ1) is 8.69. The molecule has 0 bridgehead atoms. The monoisotopic (exact) mass is 246 g/mol. The van der Waals surface area contributed by atoms with Crippen LogP contribution in [0.3, 0.4) is 0 Å². The summed E-state index contributed by atoms with van der Waals surface area (Å²) in [6, 6.07) is 6.80. The van der Waals surface area contributed by atoms with E-state index < -0.39 is 0 Å². The maximum absolute atomic E-state index is 13.7. The quantitative estimate of drug-likeness (QED) is 0.866. The van der Waals surface area contributed by atoms with Gasteiger partial charge in [0.25, 0.3) is 0 Å². The lowest BCUT2D eigenvalue weighted by atomic mass is 10.1. The number of nitrogens with one attached hydrogen (secondary N) is 1. The fraction of sp³-hybridized carbons (Fsp3) is 0.231. The van der Waals surface area contributed by atoms with Crippen molar-refractivity contribution in [3.05, 3.63) is 53.1 Å². The molecule has 94 valence electrons. The van der Waals surface area contributed by atoms with Crippen LogP contribution in [0, 0.1) is 12.7 Å². The topological polar surface area (TPSA) is 63.8 Å².